The Kier molecular flexibility index (Phi) is 4.43. The van der Waals surface area contributed by atoms with Gasteiger partial charge in [-0.05, 0) is 50.0 Å². The van der Waals surface area contributed by atoms with Crippen molar-refractivity contribution in [1.29, 1.82) is 5.41 Å². The van der Waals surface area contributed by atoms with Crippen molar-refractivity contribution in [3.63, 3.8) is 0 Å². The minimum atomic E-state index is 0.202. The van der Waals surface area contributed by atoms with E-state index in [2.05, 4.69) is 29.4 Å². The van der Waals surface area contributed by atoms with E-state index in [-0.39, 0.29) is 5.84 Å². The second-order valence-corrected chi connectivity index (χ2v) is 7.06. The second-order valence-electron chi connectivity index (χ2n) is 6.22. The van der Waals surface area contributed by atoms with Crippen molar-refractivity contribution in [2.45, 2.75) is 49.5 Å². The molecule has 0 amide bonds. The maximum Gasteiger partial charge on any atom is 0.126 e. The number of hydrogen-bond donors (Lipinski definition) is 2. The van der Waals surface area contributed by atoms with Gasteiger partial charge in [0.2, 0.25) is 0 Å². The summed E-state index contributed by atoms with van der Waals surface area (Å²) in [4.78, 5) is 3.68. The number of nitrogens with two attached hydrogens (primary N) is 1. The number of nitrogens with one attached hydrogen (secondary N) is 1. The number of fused-ring (bicyclic) bond motifs is 1. The lowest BCUT2D eigenvalue weighted by Crippen LogP contribution is -2.47. The number of anilines is 1. The van der Waals surface area contributed by atoms with Crippen molar-refractivity contribution in [3.8, 4) is 0 Å². The predicted molar refractivity (Wildman–Crippen MR) is 91.6 cm³/mol. The highest BCUT2D eigenvalue weighted by molar-refractivity contribution is 7.98. The van der Waals surface area contributed by atoms with Gasteiger partial charge in [-0.15, -0.1) is 11.8 Å². The molecule has 1 aliphatic heterocycles. The average molecular weight is 303 g/mol. The molecule has 1 saturated carbocycles. The number of hydrogen-bond acceptors (Lipinski definition) is 3. The molecule has 2 fully saturated rings. The van der Waals surface area contributed by atoms with Crippen LogP contribution in [0.5, 0.6) is 0 Å². The fourth-order valence-corrected chi connectivity index (χ4v) is 4.76. The number of nitrogens with zero attached hydrogens (tertiary/aromatic N) is 1. The van der Waals surface area contributed by atoms with Crippen LogP contribution < -0.4 is 10.6 Å². The van der Waals surface area contributed by atoms with Gasteiger partial charge in [0, 0.05) is 23.2 Å². The Morgan fingerprint density at radius 2 is 2.00 bits per heavy atom. The van der Waals surface area contributed by atoms with Crippen molar-refractivity contribution in [2.24, 2.45) is 11.7 Å². The maximum absolute atomic E-state index is 8.01. The van der Waals surface area contributed by atoms with Gasteiger partial charge in [-0.3, -0.25) is 5.41 Å². The summed E-state index contributed by atoms with van der Waals surface area (Å²) in [6.07, 6.45) is 10.1. The van der Waals surface area contributed by atoms with E-state index in [0.29, 0.717) is 6.04 Å². The highest BCUT2D eigenvalue weighted by Gasteiger charge is 2.34. The van der Waals surface area contributed by atoms with Crippen molar-refractivity contribution in [3.05, 3.63) is 23.8 Å². The average Bonchev–Trinajstić information content (AvgIpc) is 2.53. The van der Waals surface area contributed by atoms with Crippen molar-refractivity contribution in [2.75, 3.05) is 17.7 Å². The zero-order chi connectivity index (χ0) is 14.8. The van der Waals surface area contributed by atoms with Crippen LogP contribution in [0.1, 0.15) is 44.1 Å². The normalized spacial score (nSPS) is 25.5. The van der Waals surface area contributed by atoms with Gasteiger partial charge >= 0.3 is 0 Å². The third kappa shape index (κ3) is 2.78. The van der Waals surface area contributed by atoms with Gasteiger partial charge in [0.25, 0.3) is 0 Å². The van der Waals surface area contributed by atoms with Gasteiger partial charge in [-0.1, -0.05) is 18.9 Å². The molecule has 1 aromatic carbocycles. The Bertz CT molecular complexity index is 527. The summed E-state index contributed by atoms with van der Waals surface area (Å²) in [5, 5.41) is 8.01. The Labute approximate surface area is 131 Å². The summed E-state index contributed by atoms with van der Waals surface area (Å²) in [7, 11) is 0. The molecule has 0 bridgehead atoms. The zero-order valence-electron chi connectivity index (χ0n) is 12.8. The SMILES string of the molecule is CSc1cccc(N2CCC[C@H]3CCCC[C@H]32)c1C(=N)N. The molecule has 2 aliphatic rings. The fourth-order valence-electron chi connectivity index (χ4n) is 4.12. The van der Waals surface area contributed by atoms with Gasteiger partial charge in [-0.25, -0.2) is 0 Å². The first-order valence-corrected chi connectivity index (χ1v) is 9.23. The second kappa shape index (κ2) is 6.30. The summed E-state index contributed by atoms with van der Waals surface area (Å²) in [6.45, 7) is 1.11. The van der Waals surface area contributed by atoms with E-state index >= 15 is 0 Å². The number of thioether (sulfide) groups is 1. The molecule has 1 aliphatic carbocycles. The summed E-state index contributed by atoms with van der Waals surface area (Å²) in [5.74, 6) is 1.04. The fraction of sp³-hybridized carbons (Fsp3) is 0.588. The highest BCUT2D eigenvalue weighted by atomic mass is 32.2. The molecule has 1 aromatic rings. The van der Waals surface area contributed by atoms with E-state index in [0.717, 1.165) is 22.9 Å². The molecule has 0 aromatic heterocycles. The van der Waals surface area contributed by atoms with Gasteiger partial charge in [0.05, 0.1) is 5.56 Å². The molecule has 3 N–H and O–H groups in total. The predicted octanol–water partition coefficient (Wildman–Crippen LogP) is 3.85. The Hall–Kier alpha value is -1.16. The van der Waals surface area contributed by atoms with Crippen LogP contribution in [0, 0.1) is 11.3 Å². The van der Waals surface area contributed by atoms with Crippen LogP contribution in [0.3, 0.4) is 0 Å². The zero-order valence-corrected chi connectivity index (χ0v) is 13.6. The molecular formula is C17H25N3S. The van der Waals surface area contributed by atoms with E-state index in [4.69, 9.17) is 11.1 Å². The van der Waals surface area contributed by atoms with Crippen molar-refractivity contribution in [1.82, 2.24) is 0 Å². The lowest BCUT2D eigenvalue weighted by Gasteiger charge is -2.46. The van der Waals surface area contributed by atoms with Crippen molar-refractivity contribution < 1.29 is 0 Å². The minimum Gasteiger partial charge on any atom is -0.384 e. The molecule has 0 spiro atoms. The maximum atomic E-state index is 8.01. The molecular weight excluding hydrogens is 278 g/mol. The van der Waals surface area contributed by atoms with Crippen molar-refractivity contribution >= 4 is 23.3 Å². The number of nitrogen functional groups attached to an aromatic ring is 1. The topological polar surface area (TPSA) is 53.1 Å². The van der Waals surface area contributed by atoms with Crippen LogP contribution in [0.15, 0.2) is 23.1 Å². The largest absolute Gasteiger partial charge is 0.384 e. The first-order valence-electron chi connectivity index (χ1n) is 8.00. The van der Waals surface area contributed by atoms with Crippen LogP contribution in [-0.2, 0) is 0 Å². The van der Waals surface area contributed by atoms with Gasteiger partial charge in [0.1, 0.15) is 5.84 Å². The molecule has 3 rings (SSSR count). The standard InChI is InChI=1S/C17H25N3S/c1-21-15-10-4-9-14(16(15)17(18)19)20-11-5-7-12-6-2-3-8-13(12)20/h4,9-10,12-13H,2-3,5-8,11H2,1H3,(H3,18,19)/t12-,13-/m1/s1. The summed E-state index contributed by atoms with van der Waals surface area (Å²) < 4.78 is 0. The monoisotopic (exact) mass is 303 g/mol. The first kappa shape index (κ1) is 14.8. The number of benzene rings is 1. The van der Waals surface area contributed by atoms with E-state index < -0.39 is 0 Å². The quantitative estimate of drug-likeness (QED) is 0.506. The molecule has 3 nitrogen and oxygen atoms in total. The van der Waals surface area contributed by atoms with Crippen LogP contribution in [-0.4, -0.2) is 24.7 Å². The molecule has 114 valence electrons. The minimum absolute atomic E-state index is 0.202. The molecule has 0 unspecified atom stereocenters. The third-order valence-corrected chi connectivity index (χ3v) is 5.83. The van der Waals surface area contributed by atoms with Gasteiger partial charge < -0.3 is 10.6 Å². The summed E-state index contributed by atoms with van der Waals surface area (Å²) >= 11 is 1.68. The lowest BCUT2D eigenvalue weighted by molar-refractivity contribution is 0.243. The Morgan fingerprint density at radius 3 is 2.76 bits per heavy atom. The molecule has 2 atom stereocenters. The van der Waals surface area contributed by atoms with Crippen LogP contribution in [0.25, 0.3) is 0 Å². The van der Waals surface area contributed by atoms with Gasteiger partial charge in [-0.2, -0.15) is 0 Å². The van der Waals surface area contributed by atoms with E-state index in [9.17, 15) is 0 Å². The molecule has 4 heteroatoms. The Balaban J connectivity index is 2.00. The Morgan fingerprint density at radius 1 is 1.24 bits per heavy atom. The number of piperidine rings is 1. The lowest BCUT2D eigenvalue weighted by atomic mass is 9.78. The van der Waals surface area contributed by atoms with E-state index in [1.165, 1.54) is 44.2 Å². The summed E-state index contributed by atoms with van der Waals surface area (Å²) in [5.41, 5.74) is 8.04. The molecule has 1 heterocycles. The number of rotatable bonds is 3. The smallest absolute Gasteiger partial charge is 0.126 e. The van der Waals surface area contributed by atoms with Crippen LogP contribution >= 0.6 is 11.8 Å². The van der Waals surface area contributed by atoms with E-state index in [1.54, 1.807) is 11.8 Å². The van der Waals surface area contributed by atoms with E-state index in [1.807, 2.05) is 0 Å². The molecule has 0 radical (unpaired) electrons. The van der Waals surface area contributed by atoms with Gasteiger partial charge in [0.15, 0.2) is 0 Å². The van der Waals surface area contributed by atoms with Crippen LogP contribution in [0.4, 0.5) is 5.69 Å². The van der Waals surface area contributed by atoms with Crippen LogP contribution in [0.2, 0.25) is 0 Å². The molecule has 1 saturated heterocycles. The summed E-state index contributed by atoms with van der Waals surface area (Å²) in [6, 6.07) is 7.00. The number of amidine groups is 1. The third-order valence-electron chi connectivity index (χ3n) is 5.05. The first-order chi connectivity index (χ1) is 10.2. The molecule has 21 heavy (non-hydrogen) atoms. The highest BCUT2D eigenvalue weighted by Crippen LogP contribution is 2.40.